The largest absolute Gasteiger partial charge is 0.506 e. The number of fused-ring (bicyclic) bond motifs is 1. The fraction of sp³-hybridized carbons (Fsp3) is 0.0500. The average Bonchev–Trinajstić information content (AvgIpc) is 3.09. The Balaban J connectivity index is 1.78. The van der Waals surface area contributed by atoms with E-state index in [2.05, 4.69) is 15.4 Å². The maximum absolute atomic E-state index is 13.5. The smallest absolute Gasteiger partial charge is 0.266 e. The number of aryl methyl sites for hydroxylation is 1. The number of pyridine rings is 1. The average molecular weight is 413 g/mol. The molecule has 0 radical (unpaired) electrons. The van der Waals surface area contributed by atoms with Crippen LogP contribution in [-0.2, 0) is 0 Å². The monoisotopic (exact) mass is 412 g/mol. The van der Waals surface area contributed by atoms with Gasteiger partial charge in [0.25, 0.3) is 11.5 Å². The van der Waals surface area contributed by atoms with Crippen LogP contribution in [0.4, 0.5) is 10.1 Å². The van der Waals surface area contributed by atoms with Gasteiger partial charge >= 0.3 is 0 Å². The van der Waals surface area contributed by atoms with Gasteiger partial charge < -0.3 is 15.4 Å². The second-order valence-electron chi connectivity index (χ2n) is 6.39. The van der Waals surface area contributed by atoms with Crippen LogP contribution in [0.1, 0.15) is 15.9 Å². The van der Waals surface area contributed by atoms with Crippen LogP contribution in [0.15, 0.2) is 53.5 Å². The van der Waals surface area contributed by atoms with Gasteiger partial charge in [0.15, 0.2) is 0 Å². The van der Waals surface area contributed by atoms with Crippen molar-refractivity contribution in [1.82, 2.24) is 14.8 Å². The molecule has 2 aromatic carbocycles. The molecule has 0 aliphatic heterocycles. The Morgan fingerprint density at radius 3 is 2.69 bits per heavy atom. The number of nitrogens with one attached hydrogen (secondary N) is 2. The summed E-state index contributed by atoms with van der Waals surface area (Å²) in [5, 5.41) is 17.9. The summed E-state index contributed by atoms with van der Waals surface area (Å²) < 4.78 is 14.9. The third kappa shape index (κ3) is 3.34. The molecule has 4 aromatic rings. The summed E-state index contributed by atoms with van der Waals surface area (Å²) in [6, 6.07) is 10.6. The van der Waals surface area contributed by atoms with Crippen LogP contribution in [-0.4, -0.2) is 25.8 Å². The number of anilines is 1. The molecule has 7 nitrogen and oxygen atoms in total. The first-order valence-corrected chi connectivity index (χ1v) is 8.89. The van der Waals surface area contributed by atoms with Gasteiger partial charge in [-0.15, -0.1) is 0 Å². The van der Waals surface area contributed by atoms with Gasteiger partial charge in [-0.2, -0.15) is 5.10 Å². The number of aromatic amines is 1. The molecule has 146 valence electrons. The van der Waals surface area contributed by atoms with E-state index in [0.29, 0.717) is 16.3 Å². The molecule has 0 aliphatic rings. The third-order valence-corrected chi connectivity index (χ3v) is 4.72. The molecule has 0 saturated heterocycles. The molecule has 0 spiro atoms. The zero-order chi connectivity index (χ0) is 20.7. The highest BCUT2D eigenvalue weighted by Crippen LogP contribution is 2.27. The van der Waals surface area contributed by atoms with E-state index >= 15 is 0 Å². The predicted molar refractivity (Wildman–Crippen MR) is 107 cm³/mol. The molecule has 3 N–H and O–H groups in total. The fourth-order valence-corrected chi connectivity index (χ4v) is 3.08. The number of aromatic hydroxyl groups is 1. The summed E-state index contributed by atoms with van der Waals surface area (Å²) in [6.07, 6.45) is 1.33. The summed E-state index contributed by atoms with van der Waals surface area (Å²) in [6.45, 7) is 1.68. The Morgan fingerprint density at radius 2 is 1.97 bits per heavy atom. The lowest BCUT2D eigenvalue weighted by Crippen LogP contribution is -2.24. The second kappa shape index (κ2) is 7.06. The van der Waals surface area contributed by atoms with E-state index in [1.54, 1.807) is 31.2 Å². The van der Waals surface area contributed by atoms with Crippen molar-refractivity contribution in [2.75, 3.05) is 5.32 Å². The molecule has 0 bridgehead atoms. The van der Waals surface area contributed by atoms with E-state index in [-0.39, 0.29) is 16.7 Å². The van der Waals surface area contributed by atoms with E-state index in [0.717, 1.165) is 6.07 Å². The number of halogens is 2. The summed E-state index contributed by atoms with van der Waals surface area (Å²) in [7, 11) is 0. The quantitative estimate of drug-likeness (QED) is 0.477. The molecule has 2 heterocycles. The molecule has 4 rings (SSSR count). The van der Waals surface area contributed by atoms with E-state index < -0.39 is 28.6 Å². The first kappa shape index (κ1) is 18.7. The Kier molecular flexibility index (Phi) is 4.56. The number of hydrogen-bond acceptors (Lipinski definition) is 4. The minimum Gasteiger partial charge on any atom is -0.506 e. The highest BCUT2D eigenvalue weighted by Gasteiger charge is 2.22. The molecule has 0 unspecified atom stereocenters. The normalized spacial score (nSPS) is 11.0. The Labute approximate surface area is 168 Å². The first-order chi connectivity index (χ1) is 13.8. The zero-order valence-electron chi connectivity index (χ0n) is 15.0. The summed E-state index contributed by atoms with van der Waals surface area (Å²) in [5.74, 6) is -1.92. The molecule has 2 aromatic heterocycles. The fourth-order valence-electron chi connectivity index (χ4n) is 2.96. The van der Waals surface area contributed by atoms with Crippen molar-refractivity contribution in [3.05, 3.63) is 81.0 Å². The van der Waals surface area contributed by atoms with Crippen molar-refractivity contribution < 1.29 is 14.3 Å². The Bertz CT molecular complexity index is 1310. The molecule has 29 heavy (non-hydrogen) atoms. The van der Waals surface area contributed by atoms with E-state index in [4.69, 9.17) is 11.6 Å². The van der Waals surface area contributed by atoms with Crippen molar-refractivity contribution in [2.45, 2.75) is 6.92 Å². The van der Waals surface area contributed by atoms with Crippen LogP contribution in [0.2, 0.25) is 5.02 Å². The lowest BCUT2D eigenvalue weighted by Gasteiger charge is -2.10. The van der Waals surface area contributed by atoms with Crippen LogP contribution in [0.3, 0.4) is 0 Å². The van der Waals surface area contributed by atoms with Crippen molar-refractivity contribution in [1.29, 1.82) is 0 Å². The summed E-state index contributed by atoms with van der Waals surface area (Å²) in [4.78, 5) is 27.8. The van der Waals surface area contributed by atoms with Gasteiger partial charge in [0.2, 0.25) is 0 Å². The van der Waals surface area contributed by atoms with Crippen LogP contribution < -0.4 is 10.9 Å². The molecule has 0 aliphatic carbocycles. The number of H-pyrrole nitrogens is 1. The maximum atomic E-state index is 13.5. The highest BCUT2D eigenvalue weighted by atomic mass is 35.5. The van der Waals surface area contributed by atoms with Gasteiger partial charge in [-0.25, -0.2) is 9.07 Å². The predicted octanol–water partition coefficient (Wildman–Crippen LogP) is 3.77. The minimum absolute atomic E-state index is 0.181. The lowest BCUT2D eigenvalue weighted by atomic mass is 10.1. The van der Waals surface area contributed by atoms with Crippen molar-refractivity contribution >= 4 is 34.2 Å². The highest BCUT2D eigenvalue weighted by molar-refractivity contribution is 6.30. The van der Waals surface area contributed by atoms with Gasteiger partial charge in [-0.3, -0.25) is 9.59 Å². The number of carbonyl (C=O) groups excluding carboxylic acids is 1. The third-order valence-electron chi connectivity index (χ3n) is 4.47. The van der Waals surface area contributed by atoms with Crippen molar-refractivity contribution in [2.24, 2.45) is 0 Å². The summed E-state index contributed by atoms with van der Waals surface area (Å²) >= 11 is 5.89. The minimum atomic E-state index is -0.862. The van der Waals surface area contributed by atoms with E-state index in [1.165, 1.54) is 23.0 Å². The summed E-state index contributed by atoms with van der Waals surface area (Å²) in [5.41, 5.74) is 0.326. The van der Waals surface area contributed by atoms with E-state index in [1.807, 2.05) is 0 Å². The standard InChI is InChI=1S/C20H14ClFN4O3/c1-10-2-5-12(22)8-15(10)24-19(28)16-17(27)14-9-23-26(18(14)25-20(16)29)13-6-3-11(21)4-7-13/h2-9H,1H3,(H,24,28)(H2,25,27,29). The topological polar surface area (TPSA) is 100 Å². The number of carbonyl (C=O) groups is 1. The SMILES string of the molecule is Cc1ccc(F)cc1NC(=O)c1c(O)c2cnn(-c3ccc(Cl)cc3)c2[nH]c1=O. The number of rotatable bonds is 3. The number of benzene rings is 2. The van der Waals surface area contributed by atoms with Gasteiger partial charge in [-0.1, -0.05) is 17.7 Å². The first-order valence-electron chi connectivity index (χ1n) is 8.51. The van der Waals surface area contributed by atoms with Crippen LogP contribution in [0, 0.1) is 12.7 Å². The van der Waals surface area contributed by atoms with Crippen molar-refractivity contribution in [3.8, 4) is 11.4 Å². The van der Waals surface area contributed by atoms with Crippen LogP contribution >= 0.6 is 11.6 Å². The molecule has 1 amide bonds. The zero-order valence-corrected chi connectivity index (χ0v) is 15.8. The number of hydrogen-bond donors (Lipinski definition) is 3. The molecule has 9 heteroatoms. The van der Waals surface area contributed by atoms with Crippen molar-refractivity contribution in [3.63, 3.8) is 0 Å². The molecular formula is C20H14ClFN4O3. The second-order valence-corrected chi connectivity index (χ2v) is 6.82. The maximum Gasteiger partial charge on any atom is 0.266 e. The van der Waals surface area contributed by atoms with Crippen LogP contribution in [0.25, 0.3) is 16.7 Å². The molecule has 0 fully saturated rings. The molecular weight excluding hydrogens is 399 g/mol. The molecule has 0 saturated carbocycles. The number of nitrogens with zero attached hydrogens (tertiary/aromatic N) is 2. The van der Waals surface area contributed by atoms with Gasteiger partial charge in [0, 0.05) is 10.7 Å². The Morgan fingerprint density at radius 1 is 1.24 bits per heavy atom. The number of amides is 1. The molecule has 0 atom stereocenters. The number of aromatic nitrogens is 3. The van der Waals surface area contributed by atoms with Gasteiger partial charge in [0.05, 0.1) is 17.3 Å². The van der Waals surface area contributed by atoms with Gasteiger partial charge in [-0.05, 0) is 48.9 Å². The lowest BCUT2D eigenvalue weighted by molar-refractivity contribution is 0.102. The Hall–Kier alpha value is -3.65. The van der Waals surface area contributed by atoms with Gasteiger partial charge in [0.1, 0.15) is 22.8 Å². The van der Waals surface area contributed by atoms with E-state index in [9.17, 15) is 19.1 Å². The van der Waals surface area contributed by atoms with Crippen LogP contribution in [0.5, 0.6) is 5.75 Å².